The highest BCUT2D eigenvalue weighted by Crippen LogP contribution is 2.17. The summed E-state index contributed by atoms with van der Waals surface area (Å²) in [7, 11) is 0. The van der Waals surface area contributed by atoms with Gasteiger partial charge in [-0.15, -0.1) is 0 Å². The van der Waals surface area contributed by atoms with Crippen LogP contribution in [0.3, 0.4) is 0 Å². The molecule has 0 spiro atoms. The largest absolute Gasteiger partial charge is 0.334 e. The molecule has 0 aliphatic carbocycles. The maximum Gasteiger partial charge on any atom is 0.127 e. The first kappa shape index (κ1) is 13.8. The second-order valence-corrected chi connectivity index (χ2v) is 4.89. The van der Waals surface area contributed by atoms with Crippen LogP contribution < -0.4 is 11.3 Å². The third-order valence-corrected chi connectivity index (χ3v) is 3.25. The third-order valence-electron chi connectivity index (χ3n) is 3.25. The molecule has 1 unspecified atom stereocenters. The number of nitrogens with zero attached hydrogens (tertiary/aromatic N) is 2. The standard InChI is InChI=1S/C15H22N4/c1-3-8-19-9-7-17-15(19)14(18-16)11-13-6-4-5-12(2)10-13/h4-7,9-10,14,18H,3,8,11,16H2,1-2H3. The predicted octanol–water partition coefficient (Wildman–Crippen LogP) is 2.35. The summed E-state index contributed by atoms with van der Waals surface area (Å²) in [5.74, 6) is 6.72. The van der Waals surface area contributed by atoms with E-state index >= 15 is 0 Å². The van der Waals surface area contributed by atoms with Crippen LogP contribution in [0.25, 0.3) is 0 Å². The molecule has 0 aliphatic heterocycles. The molecule has 4 nitrogen and oxygen atoms in total. The first-order chi connectivity index (χ1) is 9.24. The van der Waals surface area contributed by atoms with Gasteiger partial charge in [0.25, 0.3) is 0 Å². The average molecular weight is 258 g/mol. The van der Waals surface area contributed by atoms with Gasteiger partial charge in [-0.25, -0.2) is 10.4 Å². The summed E-state index contributed by atoms with van der Waals surface area (Å²) in [6.07, 6.45) is 5.79. The lowest BCUT2D eigenvalue weighted by Crippen LogP contribution is -2.31. The van der Waals surface area contributed by atoms with Gasteiger partial charge in [-0.05, 0) is 25.3 Å². The number of hydrogen-bond acceptors (Lipinski definition) is 3. The van der Waals surface area contributed by atoms with Crippen molar-refractivity contribution >= 4 is 0 Å². The maximum absolute atomic E-state index is 5.71. The molecule has 1 heterocycles. The van der Waals surface area contributed by atoms with Gasteiger partial charge in [0.15, 0.2) is 0 Å². The molecule has 0 saturated carbocycles. The Balaban J connectivity index is 2.18. The second-order valence-electron chi connectivity index (χ2n) is 4.89. The van der Waals surface area contributed by atoms with Crippen LogP contribution >= 0.6 is 0 Å². The molecule has 1 atom stereocenters. The molecule has 2 rings (SSSR count). The zero-order valence-electron chi connectivity index (χ0n) is 11.6. The van der Waals surface area contributed by atoms with Gasteiger partial charge in [0.1, 0.15) is 5.82 Å². The first-order valence-electron chi connectivity index (χ1n) is 6.77. The van der Waals surface area contributed by atoms with Gasteiger partial charge in [-0.3, -0.25) is 5.84 Å². The van der Waals surface area contributed by atoms with Crippen LogP contribution in [-0.4, -0.2) is 9.55 Å². The van der Waals surface area contributed by atoms with E-state index in [4.69, 9.17) is 5.84 Å². The topological polar surface area (TPSA) is 55.9 Å². The number of nitrogens with two attached hydrogens (primary N) is 1. The molecule has 4 heteroatoms. The summed E-state index contributed by atoms with van der Waals surface area (Å²) >= 11 is 0. The van der Waals surface area contributed by atoms with Gasteiger partial charge < -0.3 is 4.57 Å². The number of imidazole rings is 1. The molecule has 0 fully saturated rings. The minimum atomic E-state index is 0.0448. The zero-order valence-corrected chi connectivity index (χ0v) is 11.6. The van der Waals surface area contributed by atoms with Crippen molar-refractivity contribution in [2.24, 2.45) is 5.84 Å². The molecule has 0 amide bonds. The summed E-state index contributed by atoms with van der Waals surface area (Å²) < 4.78 is 2.17. The van der Waals surface area contributed by atoms with Crippen LogP contribution in [0.5, 0.6) is 0 Å². The van der Waals surface area contributed by atoms with E-state index in [1.807, 2.05) is 12.4 Å². The van der Waals surface area contributed by atoms with Crippen molar-refractivity contribution in [2.45, 2.75) is 39.3 Å². The Kier molecular flexibility index (Phi) is 4.71. The van der Waals surface area contributed by atoms with E-state index in [2.05, 4.69) is 53.1 Å². The van der Waals surface area contributed by atoms with Gasteiger partial charge in [0, 0.05) is 18.9 Å². The highest BCUT2D eigenvalue weighted by Gasteiger charge is 2.15. The Morgan fingerprint density at radius 2 is 2.26 bits per heavy atom. The fraction of sp³-hybridized carbons (Fsp3) is 0.400. The number of hydrazine groups is 1. The minimum absolute atomic E-state index is 0.0448. The molecule has 19 heavy (non-hydrogen) atoms. The lowest BCUT2D eigenvalue weighted by molar-refractivity contribution is 0.488. The Hall–Kier alpha value is -1.65. The van der Waals surface area contributed by atoms with Gasteiger partial charge in [0.05, 0.1) is 6.04 Å². The van der Waals surface area contributed by atoms with Crippen molar-refractivity contribution in [3.63, 3.8) is 0 Å². The highest BCUT2D eigenvalue weighted by atomic mass is 15.3. The van der Waals surface area contributed by atoms with Crippen LogP contribution in [0.1, 0.15) is 36.3 Å². The van der Waals surface area contributed by atoms with Crippen molar-refractivity contribution in [1.82, 2.24) is 15.0 Å². The van der Waals surface area contributed by atoms with E-state index in [1.165, 1.54) is 11.1 Å². The van der Waals surface area contributed by atoms with Crippen LogP contribution in [0.15, 0.2) is 36.7 Å². The van der Waals surface area contributed by atoms with Crippen LogP contribution in [0.4, 0.5) is 0 Å². The number of benzene rings is 1. The van der Waals surface area contributed by atoms with Crippen LogP contribution in [-0.2, 0) is 13.0 Å². The Labute approximate surface area is 114 Å². The lowest BCUT2D eigenvalue weighted by Gasteiger charge is -2.17. The molecule has 102 valence electrons. The number of rotatable bonds is 6. The van der Waals surface area contributed by atoms with Crippen molar-refractivity contribution in [2.75, 3.05) is 0 Å². The summed E-state index contributed by atoms with van der Waals surface area (Å²) in [4.78, 5) is 4.45. The monoisotopic (exact) mass is 258 g/mol. The van der Waals surface area contributed by atoms with Gasteiger partial charge in [-0.1, -0.05) is 36.8 Å². The number of hydrogen-bond donors (Lipinski definition) is 2. The highest BCUT2D eigenvalue weighted by molar-refractivity contribution is 5.23. The molecule has 2 aromatic rings. The Morgan fingerprint density at radius 1 is 1.42 bits per heavy atom. The molecule has 1 aromatic carbocycles. The van der Waals surface area contributed by atoms with E-state index in [0.29, 0.717) is 0 Å². The number of aromatic nitrogens is 2. The lowest BCUT2D eigenvalue weighted by atomic mass is 10.0. The normalized spacial score (nSPS) is 12.6. The minimum Gasteiger partial charge on any atom is -0.334 e. The molecule has 3 N–H and O–H groups in total. The van der Waals surface area contributed by atoms with Crippen molar-refractivity contribution < 1.29 is 0 Å². The molecule has 0 aliphatic rings. The van der Waals surface area contributed by atoms with Crippen molar-refractivity contribution in [3.05, 3.63) is 53.6 Å². The summed E-state index contributed by atoms with van der Waals surface area (Å²) in [6.45, 7) is 5.24. The smallest absolute Gasteiger partial charge is 0.127 e. The fourth-order valence-electron chi connectivity index (χ4n) is 2.36. The van der Waals surface area contributed by atoms with E-state index in [-0.39, 0.29) is 6.04 Å². The maximum atomic E-state index is 5.71. The van der Waals surface area contributed by atoms with E-state index in [1.54, 1.807) is 0 Å². The SMILES string of the molecule is CCCn1ccnc1C(Cc1cccc(C)c1)NN. The first-order valence-corrected chi connectivity index (χ1v) is 6.77. The number of aryl methyl sites for hydroxylation is 2. The molecule has 1 aromatic heterocycles. The quantitative estimate of drug-likeness (QED) is 0.617. The van der Waals surface area contributed by atoms with Gasteiger partial charge in [-0.2, -0.15) is 0 Å². The summed E-state index contributed by atoms with van der Waals surface area (Å²) in [5.41, 5.74) is 5.43. The Morgan fingerprint density at radius 3 is 2.95 bits per heavy atom. The molecule has 0 saturated heterocycles. The molecule has 0 radical (unpaired) electrons. The number of nitrogens with one attached hydrogen (secondary N) is 1. The fourth-order valence-corrected chi connectivity index (χ4v) is 2.36. The van der Waals surface area contributed by atoms with E-state index in [0.717, 1.165) is 25.2 Å². The second kappa shape index (κ2) is 6.50. The van der Waals surface area contributed by atoms with Crippen molar-refractivity contribution in [3.8, 4) is 0 Å². The molecular formula is C15H22N4. The average Bonchev–Trinajstić information content (AvgIpc) is 2.85. The molecular weight excluding hydrogens is 236 g/mol. The molecule has 0 bridgehead atoms. The van der Waals surface area contributed by atoms with Gasteiger partial charge in [0.2, 0.25) is 0 Å². The zero-order chi connectivity index (χ0) is 13.7. The van der Waals surface area contributed by atoms with Crippen LogP contribution in [0, 0.1) is 6.92 Å². The third kappa shape index (κ3) is 3.43. The van der Waals surface area contributed by atoms with E-state index < -0.39 is 0 Å². The van der Waals surface area contributed by atoms with E-state index in [9.17, 15) is 0 Å². The summed E-state index contributed by atoms with van der Waals surface area (Å²) in [5, 5.41) is 0. The Bertz CT molecular complexity index is 518. The summed E-state index contributed by atoms with van der Waals surface area (Å²) in [6, 6.07) is 8.55. The van der Waals surface area contributed by atoms with Gasteiger partial charge >= 0.3 is 0 Å². The van der Waals surface area contributed by atoms with Crippen molar-refractivity contribution in [1.29, 1.82) is 0 Å². The van der Waals surface area contributed by atoms with Crippen LogP contribution in [0.2, 0.25) is 0 Å². The predicted molar refractivity (Wildman–Crippen MR) is 77.5 cm³/mol.